The SMILES string of the molecule is COc1cc(I)c(OC(F)(F)F)c(C)n1. The first kappa shape index (κ1) is 12.3. The van der Waals surface area contributed by atoms with Crippen LogP contribution in [-0.2, 0) is 0 Å². The zero-order valence-corrected chi connectivity index (χ0v) is 10.0. The van der Waals surface area contributed by atoms with Crippen LogP contribution in [-0.4, -0.2) is 18.5 Å². The van der Waals surface area contributed by atoms with Crippen molar-refractivity contribution in [1.82, 2.24) is 4.98 Å². The molecule has 0 amide bonds. The molecule has 0 aromatic carbocycles. The Hall–Kier alpha value is -0.730. The van der Waals surface area contributed by atoms with Gasteiger partial charge in [-0.1, -0.05) is 0 Å². The predicted molar refractivity (Wildman–Crippen MR) is 54.9 cm³/mol. The van der Waals surface area contributed by atoms with Gasteiger partial charge in [-0.2, -0.15) is 0 Å². The minimum absolute atomic E-state index is 0.135. The zero-order chi connectivity index (χ0) is 11.6. The molecule has 0 fully saturated rings. The maximum atomic E-state index is 12.0. The second-order valence-corrected chi connectivity index (χ2v) is 3.77. The van der Waals surface area contributed by atoms with Gasteiger partial charge in [0.05, 0.1) is 16.4 Å². The molecule has 0 aliphatic carbocycles. The number of aryl methyl sites for hydroxylation is 1. The molecule has 0 unspecified atom stereocenters. The molecule has 0 aliphatic rings. The summed E-state index contributed by atoms with van der Waals surface area (Å²) in [5.41, 5.74) is 0.135. The fourth-order valence-electron chi connectivity index (χ4n) is 0.938. The van der Waals surface area contributed by atoms with Crippen LogP contribution in [0.15, 0.2) is 6.07 Å². The minimum Gasteiger partial charge on any atom is -0.481 e. The minimum atomic E-state index is -4.71. The van der Waals surface area contributed by atoms with Gasteiger partial charge in [-0.15, -0.1) is 13.2 Å². The molecule has 1 heterocycles. The number of aromatic nitrogens is 1. The van der Waals surface area contributed by atoms with Crippen LogP contribution in [0.1, 0.15) is 5.69 Å². The molecule has 0 aliphatic heterocycles. The second-order valence-electron chi connectivity index (χ2n) is 2.61. The standard InChI is InChI=1S/C8H7F3INO2/c1-4-7(15-8(9,10)11)5(12)3-6(13-4)14-2/h3H,1-2H3. The molecule has 3 nitrogen and oxygen atoms in total. The first-order chi connectivity index (χ1) is 6.83. The predicted octanol–water partition coefficient (Wildman–Crippen LogP) is 2.90. The summed E-state index contributed by atoms with van der Waals surface area (Å²) in [5, 5.41) is 0. The third kappa shape index (κ3) is 3.40. The smallest absolute Gasteiger partial charge is 0.481 e. The molecule has 1 aromatic heterocycles. The molecule has 0 bridgehead atoms. The Morgan fingerprint density at radius 1 is 1.40 bits per heavy atom. The summed E-state index contributed by atoms with van der Waals surface area (Å²) in [7, 11) is 1.39. The summed E-state index contributed by atoms with van der Waals surface area (Å²) in [4.78, 5) is 3.78. The number of ether oxygens (including phenoxy) is 2. The van der Waals surface area contributed by atoms with E-state index in [-0.39, 0.29) is 17.3 Å². The van der Waals surface area contributed by atoms with Crippen molar-refractivity contribution in [1.29, 1.82) is 0 Å². The van der Waals surface area contributed by atoms with Crippen LogP contribution in [0.5, 0.6) is 11.6 Å². The van der Waals surface area contributed by atoms with Crippen molar-refractivity contribution in [3.8, 4) is 11.6 Å². The number of hydrogen-bond acceptors (Lipinski definition) is 3. The van der Waals surface area contributed by atoms with Crippen LogP contribution in [0.3, 0.4) is 0 Å². The lowest BCUT2D eigenvalue weighted by Crippen LogP contribution is -2.19. The molecule has 84 valence electrons. The summed E-state index contributed by atoms with van der Waals surface area (Å²) < 4.78 is 44.9. The third-order valence-electron chi connectivity index (χ3n) is 1.50. The van der Waals surface area contributed by atoms with E-state index < -0.39 is 6.36 Å². The van der Waals surface area contributed by atoms with Crippen LogP contribution < -0.4 is 9.47 Å². The lowest BCUT2D eigenvalue weighted by molar-refractivity contribution is -0.275. The number of methoxy groups -OCH3 is 1. The molecule has 0 spiro atoms. The number of rotatable bonds is 2. The highest BCUT2D eigenvalue weighted by molar-refractivity contribution is 14.1. The van der Waals surface area contributed by atoms with E-state index in [1.807, 2.05) is 0 Å². The van der Waals surface area contributed by atoms with E-state index in [1.165, 1.54) is 20.1 Å². The third-order valence-corrected chi connectivity index (χ3v) is 2.30. The number of halogens is 4. The molecule has 0 atom stereocenters. The van der Waals surface area contributed by atoms with Gasteiger partial charge in [0.25, 0.3) is 0 Å². The normalized spacial score (nSPS) is 11.3. The van der Waals surface area contributed by atoms with Crippen molar-refractivity contribution in [2.75, 3.05) is 7.11 Å². The molecule has 7 heteroatoms. The molecule has 1 rings (SSSR count). The van der Waals surface area contributed by atoms with Gasteiger partial charge in [0.15, 0.2) is 5.75 Å². The zero-order valence-electron chi connectivity index (χ0n) is 7.85. The monoisotopic (exact) mass is 333 g/mol. The van der Waals surface area contributed by atoms with Gasteiger partial charge in [0, 0.05) is 6.07 Å². The topological polar surface area (TPSA) is 31.4 Å². The number of hydrogen-bond donors (Lipinski definition) is 0. The van der Waals surface area contributed by atoms with Crippen molar-refractivity contribution >= 4 is 22.6 Å². The average molecular weight is 333 g/mol. The van der Waals surface area contributed by atoms with E-state index >= 15 is 0 Å². The van der Waals surface area contributed by atoms with Crippen LogP contribution >= 0.6 is 22.6 Å². The second kappa shape index (κ2) is 4.42. The molecule has 15 heavy (non-hydrogen) atoms. The Labute approximate surface area is 97.7 Å². The van der Waals surface area contributed by atoms with Crippen molar-refractivity contribution in [2.45, 2.75) is 13.3 Å². The molecule has 0 saturated heterocycles. The highest BCUT2D eigenvalue weighted by Gasteiger charge is 2.33. The molecule has 0 N–H and O–H groups in total. The molecular formula is C8H7F3INO2. The van der Waals surface area contributed by atoms with Crippen LogP contribution in [0.2, 0.25) is 0 Å². The van der Waals surface area contributed by atoms with Gasteiger partial charge in [-0.25, -0.2) is 4.98 Å². The number of alkyl halides is 3. The highest BCUT2D eigenvalue weighted by atomic mass is 127. The molecule has 0 radical (unpaired) electrons. The van der Waals surface area contributed by atoms with Gasteiger partial charge in [0.2, 0.25) is 5.88 Å². The van der Waals surface area contributed by atoms with Crippen molar-refractivity contribution in [3.05, 3.63) is 15.3 Å². The molecule has 0 saturated carbocycles. The van der Waals surface area contributed by atoms with E-state index in [4.69, 9.17) is 4.74 Å². The van der Waals surface area contributed by atoms with Gasteiger partial charge < -0.3 is 9.47 Å². The van der Waals surface area contributed by atoms with Crippen LogP contribution in [0.25, 0.3) is 0 Å². The molecule has 1 aromatic rings. The number of nitrogens with zero attached hydrogens (tertiary/aromatic N) is 1. The summed E-state index contributed by atoms with van der Waals surface area (Å²) in [6, 6.07) is 1.37. The van der Waals surface area contributed by atoms with Gasteiger partial charge in [0.1, 0.15) is 0 Å². The van der Waals surface area contributed by atoms with E-state index in [9.17, 15) is 13.2 Å². The van der Waals surface area contributed by atoms with Gasteiger partial charge in [-0.05, 0) is 29.5 Å². The lowest BCUT2D eigenvalue weighted by atomic mass is 10.3. The van der Waals surface area contributed by atoms with Gasteiger partial charge in [-0.3, -0.25) is 0 Å². The Morgan fingerprint density at radius 2 is 2.00 bits per heavy atom. The van der Waals surface area contributed by atoms with Crippen LogP contribution in [0, 0.1) is 10.5 Å². The highest BCUT2D eigenvalue weighted by Crippen LogP contribution is 2.31. The van der Waals surface area contributed by atoms with Crippen molar-refractivity contribution < 1.29 is 22.6 Å². The van der Waals surface area contributed by atoms with E-state index in [0.717, 1.165) is 0 Å². The summed E-state index contributed by atoms with van der Waals surface area (Å²) in [5.74, 6) is -0.0321. The van der Waals surface area contributed by atoms with E-state index in [1.54, 1.807) is 22.6 Å². The Morgan fingerprint density at radius 3 is 2.40 bits per heavy atom. The first-order valence-corrected chi connectivity index (χ1v) is 4.88. The lowest BCUT2D eigenvalue weighted by Gasteiger charge is -2.13. The first-order valence-electron chi connectivity index (χ1n) is 3.80. The van der Waals surface area contributed by atoms with Crippen molar-refractivity contribution in [3.63, 3.8) is 0 Å². The fraction of sp³-hybridized carbons (Fsp3) is 0.375. The Balaban J connectivity index is 3.09. The fourth-order valence-corrected chi connectivity index (χ4v) is 1.70. The average Bonchev–Trinajstić information content (AvgIpc) is 2.09. The Kier molecular flexibility index (Phi) is 3.63. The summed E-state index contributed by atoms with van der Waals surface area (Å²) in [6.07, 6.45) is -4.71. The largest absolute Gasteiger partial charge is 0.573 e. The Bertz CT molecular complexity index is 344. The number of pyridine rings is 1. The van der Waals surface area contributed by atoms with E-state index in [0.29, 0.717) is 3.57 Å². The van der Waals surface area contributed by atoms with Gasteiger partial charge >= 0.3 is 6.36 Å². The maximum absolute atomic E-state index is 12.0. The maximum Gasteiger partial charge on any atom is 0.573 e. The quantitative estimate of drug-likeness (QED) is 0.780. The molecular weight excluding hydrogens is 326 g/mol. The summed E-state index contributed by atoms with van der Waals surface area (Å²) in [6.45, 7) is 1.42. The van der Waals surface area contributed by atoms with Crippen molar-refractivity contribution in [2.24, 2.45) is 0 Å². The van der Waals surface area contributed by atoms with E-state index in [2.05, 4.69) is 9.72 Å². The van der Waals surface area contributed by atoms with Crippen LogP contribution in [0.4, 0.5) is 13.2 Å². The summed E-state index contributed by atoms with van der Waals surface area (Å²) >= 11 is 1.73.